The third-order valence-corrected chi connectivity index (χ3v) is 5.12. The van der Waals surface area contributed by atoms with Crippen molar-refractivity contribution in [3.8, 4) is 0 Å². The molecule has 1 aliphatic rings. The quantitative estimate of drug-likeness (QED) is 0.189. The van der Waals surface area contributed by atoms with Crippen molar-refractivity contribution in [1.29, 1.82) is 0 Å². The van der Waals surface area contributed by atoms with Crippen LogP contribution in [0, 0.1) is 0 Å². The molecule has 1 aromatic carbocycles. The van der Waals surface area contributed by atoms with Crippen molar-refractivity contribution >= 4 is 17.8 Å². The van der Waals surface area contributed by atoms with E-state index in [2.05, 4.69) is 10.3 Å². The van der Waals surface area contributed by atoms with Crippen molar-refractivity contribution < 1.29 is 42.8 Å². The third kappa shape index (κ3) is 7.31. The van der Waals surface area contributed by atoms with Gasteiger partial charge in [0, 0.05) is 20.5 Å². The van der Waals surface area contributed by atoms with E-state index in [1.54, 1.807) is 0 Å². The van der Waals surface area contributed by atoms with Gasteiger partial charge in [0.1, 0.15) is 18.3 Å². The molecule has 0 bridgehead atoms. The van der Waals surface area contributed by atoms with Crippen molar-refractivity contribution in [3.05, 3.63) is 47.2 Å². The minimum Gasteiger partial charge on any atom is -0.480 e. The molecule has 11 nitrogen and oxygen atoms in total. The maximum absolute atomic E-state index is 13.1. The molecule has 0 saturated carbocycles. The number of nitrogens with zero attached hydrogens (tertiary/aromatic N) is 2. The van der Waals surface area contributed by atoms with Gasteiger partial charge in [-0.15, -0.1) is 0 Å². The van der Waals surface area contributed by atoms with E-state index in [9.17, 15) is 38.1 Å². The molecule has 1 aliphatic heterocycles. The summed E-state index contributed by atoms with van der Waals surface area (Å²) in [7, 11) is 1.32. The number of guanidine groups is 1. The van der Waals surface area contributed by atoms with E-state index in [0.29, 0.717) is 0 Å². The number of aliphatic hydroxyl groups is 3. The number of alkyl halides is 3. The van der Waals surface area contributed by atoms with Crippen molar-refractivity contribution in [2.45, 2.75) is 50.0 Å². The molecule has 14 heteroatoms. The minimum absolute atomic E-state index is 0.191. The number of benzene rings is 1. The lowest BCUT2D eigenvalue weighted by Crippen LogP contribution is -2.60. The first-order valence-corrected chi connectivity index (χ1v) is 10.4. The zero-order chi connectivity index (χ0) is 26.5. The number of likely N-dealkylation sites (N-methyl/N-ethyl adjacent to an activating group) is 1. The number of carbonyl (C=O) groups excluding carboxylic acids is 2. The molecule has 0 radical (unpaired) electrons. The van der Waals surface area contributed by atoms with Gasteiger partial charge in [-0.2, -0.15) is 13.2 Å². The van der Waals surface area contributed by atoms with Gasteiger partial charge >= 0.3 is 6.18 Å². The predicted octanol–water partition coefficient (Wildman–Crippen LogP) is -1.19. The van der Waals surface area contributed by atoms with Gasteiger partial charge in [0.25, 0.3) is 5.91 Å². The number of nitrogens with one attached hydrogen (secondary N) is 1. The molecule has 2 amide bonds. The number of aliphatic hydroxyl groups excluding tert-OH is 3. The Balaban J connectivity index is 2.39. The molecular formula is C21H28F3N5O6. The fourth-order valence-corrected chi connectivity index (χ4v) is 3.51. The summed E-state index contributed by atoms with van der Waals surface area (Å²) in [4.78, 5) is 29.8. The van der Waals surface area contributed by atoms with E-state index < -0.39 is 66.5 Å². The summed E-state index contributed by atoms with van der Waals surface area (Å²) in [5.41, 5.74) is 10.2. The molecular weight excluding hydrogens is 475 g/mol. The largest absolute Gasteiger partial charge is 0.480 e. The molecule has 8 N–H and O–H groups in total. The third-order valence-electron chi connectivity index (χ3n) is 5.12. The van der Waals surface area contributed by atoms with Crippen LogP contribution in [0.15, 0.2) is 41.1 Å². The van der Waals surface area contributed by atoms with Crippen LogP contribution in [0.2, 0.25) is 0 Å². The Hall–Kier alpha value is -3.36. The Morgan fingerprint density at radius 1 is 1.29 bits per heavy atom. The number of halogens is 3. The van der Waals surface area contributed by atoms with Crippen molar-refractivity contribution in [2.24, 2.45) is 16.5 Å². The summed E-state index contributed by atoms with van der Waals surface area (Å²) in [5, 5.41) is 32.2. The molecule has 0 aliphatic carbocycles. The first-order valence-electron chi connectivity index (χ1n) is 10.4. The van der Waals surface area contributed by atoms with Crippen molar-refractivity contribution in [3.63, 3.8) is 0 Å². The lowest BCUT2D eigenvalue weighted by molar-refractivity contribution is -0.140. The van der Waals surface area contributed by atoms with Crippen LogP contribution in [0.25, 0.3) is 0 Å². The van der Waals surface area contributed by atoms with Crippen LogP contribution >= 0.6 is 0 Å². The van der Waals surface area contributed by atoms with E-state index in [1.165, 1.54) is 32.2 Å². The summed E-state index contributed by atoms with van der Waals surface area (Å²) in [5.74, 6) is -2.15. The maximum atomic E-state index is 13.1. The summed E-state index contributed by atoms with van der Waals surface area (Å²) < 4.78 is 44.6. The van der Waals surface area contributed by atoms with Gasteiger partial charge < -0.3 is 41.7 Å². The fourth-order valence-electron chi connectivity index (χ4n) is 3.51. The Morgan fingerprint density at radius 2 is 1.94 bits per heavy atom. The summed E-state index contributed by atoms with van der Waals surface area (Å²) in [6.45, 7) is 0.0902. The van der Waals surface area contributed by atoms with E-state index in [-0.39, 0.29) is 17.9 Å². The number of hydrogen-bond acceptors (Lipinski definition) is 7. The Bertz CT molecular complexity index is 982. The fraction of sp³-hybridized carbons (Fsp3) is 0.476. The van der Waals surface area contributed by atoms with E-state index >= 15 is 0 Å². The van der Waals surface area contributed by atoms with E-state index in [0.717, 1.165) is 17.0 Å². The zero-order valence-electron chi connectivity index (χ0n) is 18.9. The molecule has 5 atom stereocenters. The Morgan fingerprint density at radius 3 is 2.49 bits per heavy atom. The number of hydrogen-bond donors (Lipinski definition) is 6. The van der Waals surface area contributed by atoms with Crippen LogP contribution in [0.5, 0.6) is 0 Å². The van der Waals surface area contributed by atoms with Crippen molar-refractivity contribution in [2.75, 3.05) is 13.7 Å². The number of carbonyl (C=O) groups is 2. The van der Waals surface area contributed by atoms with Crippen LogP contribution in [0.1, 0.15) is 18.1 Å². The standard InChI is InChI=1S/C21H28F3N5O6/c1-10(31)27-16-13(28-20(25)26)7-15(35-18(16)17(33)14(32)9-30)19(34)29(2)8-11-4-3-5-12(6-11)21(22,23)24/h3-7,13-14,16-18,30,32-33H,8-9H2,1-2H3,(H,27,31)(H4,25,26,28)/t13-,14+,16+,17+,18+/m0/s1. The number of aliphatic imine (C=N–C) groups is 1. The molecule has 0 spiro atoms. The van der Waals surface area contributed by atoms with Gasteiger partial charge in [0.05, 0.1) is 24.3 Å². The molecule has 1 heterocycles. The Kier molecular flexibility index (Phi) is 9.06. The average molecular weight is 503 g/mol. The molecule has 2 rings (SSSR count). The first kappa shape index (κ1) is 27.9. The number of ether oxygens (including phenoxy) is 1. The molecule has 0 aromatic heterocycles. The van der Waals surface area contributed by atoms with Crippen LogP contribution in [-0.4, -0.2) is 82.0 Å². The monoisotopic (exact) mass is 503 g/mol. The SMILES string of the molecule is CC(=O)N[C@H]1[C@H]([C@H](O)[C@H](O)CO)OC(C(=O)N(C)Cc2cccc(C(F)(F)F)c2)=C[C@@H]1N=C(N)N. The highest BCUT2D eigenvalue weighted by atomic mass is 19.4. The lowest BCUT2D eigenvalue weighted by atomic mass is 9.92. The molecule has 1 aromatic rings. The second-order valence-electron chi connectivity index (χ2n) is 7.98. The van der Waals surface area contributed by atoms with Gasteiger partial charge in [0.2, 0.25) is 5.91 Å². The highest BCUT2D eigenvalue weighted by Gasteiger charge is 2.44. The molecule has 0 unspecified atom stereocenters. The highest BCUT2D eigenvalue weighted by Crippen LogP contribution is 2.30. The van der Waals surface area contributed by atoms with Gasteiger partial charge in [-0.1, -0.05) is 12.1 Å². The van der Waals surface area contributed by atoms with E-state index in [1.807, 2.05) is 0 Å². The maximum Gasteiger partial charge on any atom is 0.416 e. The summed E-state index contributed by atoms with van der Waals surface area (Å²) >= 11 is 0. The lowest BCUT2D eigenvalue weighted by Gasteiger charge is -2.39. The number of rotatable bonds is 8. The minimum atomic E-state index is -4.56. The summed E-state index contributed by atoms with van der Waals surface area (Å²) in [6.07, 6.45) is -8.33. The van der Waals surface area contributed by atoms with Crippen LogP contribution in [0.3, 0.4) is 0 Å². The Labute approximate surface area is 198 Å². The number of amides is 2. The van der Waals surface area contributed by atoms with Gasteiger partial charge in [-0.25, -0.2) is 4.99 Å². The molecule has 0 fully saturated rings. The van der Waals surface area contributed by atoms with Gasteiger partial charge in [0.15, 0.2) is 11.7 Å². The van der Waals surface area contributed by atoms with Crippen LogP contribution < -0.4 is 16.8 Å². The normalized spacial score (nSPS) is 21.7. The molecule has 194 valence electrons. The topological polar surface area (TPSA) is 184 Å². The summed E-state index contributed by atoms with van der Waals surface area (Å²) in [6, 6.07) is 2.16. The van der Waals surface area contributed by atoms with Crippen LogP contribution in [0.4, 0.5) is 13.2 Å². The second kappa shape index (κ2) is 11.4. The first-order chi connectivity index (χ1) is 16.2. The second-order valence-corrected chi connectivity index (χ2v) is 7.98. The molecule has 35 heavy (non-hydrogen) atoms. The predicted molar refractivity (Wildman–Crippen MR) is 117 cm³/mol. The highest BCUT2D eigenvalue weighted by molar-refractivity contribution is 5.92. The van der Waals surface area contributed by atoms with Crippen molar-refractivity contribution in [1.82, 2.24) is 10.2 Å². The van der Waals surface area contributed by atoms with Crippen LogP contribution in [-0.2, 0) is 27.0 Å². The van der Waals surface area contributed by atoms with Gasteiger partial charge in [-0.05, 0) is 23.8 Å². The smallest absolute Gasteiger partial charge is 0.416 e. The average Bonchev–Trinajstić information content (AvgIpc) is 2.77. The molecule has 0 saturated heterocycles. The zero-order valence-corrected chi connectivity index (χ0v) is 18.9. The van der Waals surface area contributed by atoms with Gasteiger partial charge in [-0.3, -0.25) is 9.59 Å². The number of nitrogens with two attached hydrogens (primary N) is 2. The van der Waals surface area contributed by atoms with E-state index in [4.69, 9.17) is 16.2 Å².